The summed E-state index contributed by atoms with van der Waals surface area (Å²) in [4.78, 5) is 24.8. The van der Waals surface area contributed by atoms with Gasteiger partial charge in [-0.15, -0.1) is 0 Å². The third kappa shape index (κ3) is 2.90. The molecule has 0 aromatic carbocycles. The van der Waals surface area contributed by atoms with Gasteiger partial charge in [0, 0.05) is 12.1 Å². The SMILES string of the molecule is COC(=O)NCC(=O)N1CCCC1(C)C(C)C. The summed E-state index contributed by atoms with van der Waals surface area (Å²) in [6, 6.07) is 0. The van der Waals surface area contributed by atoms with Gasteiger partial charge < -0.3 is 15.0 Å². The third-order valence-corrected chi connectivity index (χ3v) is 3.80. The molecular formula is C12H22N2O3. The fourth-order valence-corrected chi connectivity index (χ4v) is 2.31. The molecule has 0 radical (unpaired) electrons. The number of carbonyl (C=O) groups excluding carboxylic acids is 2. The Morgan fingerprint density at radius 2 is 2.12 bits per heavy atom. The van der Waals surface area contributed by atoms with E-state index in [1.54, 1.807) is 0 Å². The van der Waals surface area contributed by atoms with Crippen LogP contribution in [0.15, 0.2) is 0 Å². The predicted molar refractivity (Wildman–Crippen MR) is 64.6 cm³/mol. The Hall–Kier alpha value is -1.26. The zero-order valence-electron chi connectivity index (χ0n) is 11.1. The van der Waals surface area contributed by atoms with Gasteiger partial charge in [-0.3, -0.25) is 4.79 Å². The highest BCUT2D eigenvalue weighted by atomic mass is 16.5. The second-order valence-corrected chi connectivity index (χ2v) is 5.01. The van der Waals surface area contributed by atoms with E-state index in [-0.39, 0.29) is 18.0 Å². The van der Waals surface area contributed by atoms with Gasteiger partial charge in [-0.2, -0.15) is 0 Å². The molecule has 1 saturated heterocycles. The van der Waals surface area contributed by atoms with Crippen LogP contribution in [0.2, 0.25) is 0 Å². The summed E-state index contributed by atoms with van der Waals surface area (Å²) >= 11 is 0. The van der Waals surface area contributed by atoms with Gasteiger partial charge >= 0.3 is 6.09 Å². The summed E-state index contributed by atoms with van der Waals surface area (Å²) in [7, 11) is 1.29. The molecule has 17 heavy (non-hydrogen) atoms. The highest BCUT2D eigenvalue weighted by Crippen LogP contribution is 2.35. The van der Waals surface area contributed by atoms with Crippen LogP contribution in [0.25, 0.3) is 0 Å². The highest BCUT2D eigenvalue weighted by molar-refractivity contribution is 5.83. The van der Waals surface area contributed by atoms with Crippen molar-refractivity contribution >= 4 is 12.0 Å². The fourth-order valence-electron chi connectivity index (χ4n) is 2.31. The summed E-state index contributed by atoms with van der Waals surface area (Å²) < 4.78 is 4.44. The van der Waals surface area contributed by atoms with E-state index in [9.17, 15) is 9.59 Å². The molecule has 0 saturated carbocycles. The van der Waals surface area contributed by atoms with Gasteiger partial charge in [0.25, 0.3) is 0 Å². The molecule has 1 rings (SSSR count). The molecule has 1 aliphatic heterocycles. The summed E-state index contributed by atoms with van der Waals surface area (Å²) in [6.45, 7) is 7.14. The number of methoxy groups -OCH3 is 1. The van der Waals surface area contributed by atoms with Gasteiger partial charge in [0.1, 0.15) is 6.54 Å². The zero-order valence-corrected chi connectivity index (χ0v) is 11.1. The molecule has 1 unspecified atom stereocenters. The lowest BCUT2D eigenvalue weighted by Gasteiger charge is -2.39. The van der Waals surface area contributed by atoms with E-state index in [1.807, 2.05) is 4.90 Å². The standard InChI is InChI=1S/C12H22N2O3/c1-9(2)12(3)6-5-7-14(12)10(15)8-13-11(16)17-4/h9H,5-8H2,1-4H3,(H,13,16). The van der Waals surface area contributed by atoms with Crippen molar-refractivity contribution in [1.29, 1.82) is 0 Å². The molecule has 1 fully saturated rings. The molecule has 98 valence electrons. The lowest BCUT2D eigenvalue weighted by molar-refractivity contribution is -0.135. The van der Waals surface area contributed by atoms with Crippen molar-refractivity contribution in [2.75, 3.05) is 20.2 Å². The second kappa shape index (κ2) is 5.38. The first kappa shape index (κ1) is 13.8. The highest BCUT2D eigenvalue weighted by Gasteiger charge is 2.41. The van der Waals surface area contributed by atoms with Crippen molar-refractivity contribution < 1.29 is 14.3 Å². The fraction of sp³-hybridized carbons (Fsp3) is 0.833. The van der Waals surface area contributed by atoms with Gasteiger partial charge in [0.15, 0.2) is 0 Å². The minimum Gasteiger partial charge on any atom is -0.453 e. The first-order chi connectivity index (χ1) is 7.91. The number of likely N-dealkylation sites (tertiary alicyclic amines) is 1. The smallest absolute Gasteiger partial charge is 0.407 e. The number of ether oxygens (including phenoxy) is 1. The van der Waals surface area contributed by atoms with Crippen LogP contribution in [-0.2, 0) is 9.53 Å². The number of nitrogens with zero attached hydrogens (tertiary/aromatic N) is 1. The molecule has 1 aliphatic rings. The maximum atomic E-state index is 12.0. The van der Waals surface area contributed by atoms with Crippen LogP contribution in [0.3, 0.4) is 0 Å². The Balaban J connectivity index is 2.59. The van der Waals surface area contributed by atoms with E-state index in [0.29, 0.717) is 5.92 Å². The van der Waals surface area contributed by atoms with Crippen molar-refractivity contribution in [3.8, 4) is 0 Å². The predicted octanol–water partition coefficient (Wildman–Crippen LogP) is 1.38. The Kier molecular flexibility index (Phi) is 4.37. The number of nitrogens with one attached hydrogen (secondary N) is 1. The zero-order chi connectivity index (χ0) is 13.1. The van der Waals surface area contributed by atoms with Gasteiger partial charge in [-0.25, -0.2) is 4.79 Å². The monoisotopic (exact) mass is 242 g/mol. The van der Waals surface area contributed by atoms with Crippen LogP contribution in [-0.4, -0.2) is 42.6 Å². The first-order valence-electron chi connectivity index (χ1n) is 6.04. The lowest BCUT2D eigenvalue weighted by Crippen LogP contribution is -2.51. The Bertz CT molecular complexity index is 304. The molecule has 0 aliphatic carbocycles. The summed E-state index contributed by atoms with van der Waals surface area (Å²) in [5, 5.41) is 2.43. The van der Waals surface area contributed by atoms with Crippen molar-refractivity contribution in [2.45, 2.75) is 39.2 Å². The van der Waals surface area contributed by atoms with Gasteiger partial charge in [-0.05, 0) is 25.7 Å². The quantitative estimate of drug-likeness (QED) is 0.813. The molecular weight excluding hydrogens is 220 g/mol. The van der Waals surface area contributed by atoms with Gasteiger partial charge in [0.2, 0.25) is 5.91 Å². The normalized spacial score (nSPS) is 23.9. The number of rotatable bonds is 3. The van der Waals surface area contributed by atoms with Crippen molar-refractivity contribution in [1.82, 2.24) is 10.2 Å². The minimum atomic E-state index is -0.566. The van der Waals surface area contributed by atoms with Crippen LogP contribution >= 0.6 is 0 Å². The van der Waals surface area contributed by atoms with Crippen LogP contribution in [0.1, 0.15) is 33.6 Å². The summed E-state index contributed by atoms with van der Waals surface area (Å²) in [6.07, 6.45) is 1.48. The number of carbonyl (C=O) groups is 2. The molecule has 2 amide bonds. The van der Waals surface area contributed by atoms with Crippen LogP contribution in [0, 0.1) is 5.92 Å². The van der Waals surface area contributed by atoms with Gasteiger partial charge in [0.05, 0.1) is 7.11 Å². The van der Waals surface area contributed by atoms with Crippen molar-refractivity contribution in [3.63, 3.8) is 0 Å². The average Bonchev–Trinajstić information content (AvgIpc) is 2.69. The van der Waals surface area contributed by atoms with Crippen molar-refractivity contribution in [2.24, 2.45) is 5.92 Å². The largest absolute Gasteiger partial charge is 0.453 e. The van der Waals surface area contributed by atoms with E-state index in [1.165, 1.54) is 7.11 Å². The number of hydrogen-bond donors (Lipinski definition) is 1. The molecule has 1 N–H and O–H groups in total. The molecule has 0 bridgehead atoms. The Morgan fingerprint density at radius 3 is 2.65 bits per heavy atom. The molecule has 5 nitrogen and oxygen atoms in total. The van der Waals surface area contributed by atoms with Crippen LogP contribution < -0.4 is 5.32 Å². The van der Waals surface area contributed by atoms with Gasteiger partial charge in [-0.1, -0.05) is 13.8 Å². The van der Waals surface area contributed by atoms with Crippen LogP contribution in [0.4, 0.5) is 4.79 Å². The number of amides is 2. The van der Waals surface area contributed by atoms with Crippen molar-refractivity contribution in [3.05, 3.63) is 0 Å². The van der Waals surface area contributed by atoms with E-state index in [2.05, 4.69) is 30.8 Å². The first-order valence-corrected chi connectivity index (χ1v) is 6.04. The van der Waals surface area contributed by atoms with E-state index in [0.717, 1.165) is 19.4 Å². The molecule has 1 atom stereocenters. The molecule has 0 aromatic heterocycles. The number of hydrogen-bond acceptors (Lipinski definition) is 3. The summed E-state index contributed by atoms with van der Waals surface area (Å²) in [5.41, 5.74) is -0.0884. The van der Waals surface area contributed by atoms with E-state index >= 15 is 0 Å². The Morgan fingerprint density at radius 1 is 1.47 bits per heavy atom. The molecule has 1 heterocycles. The summed E-state index contributed by atoms with van der Waals surface area (Å²) in [5.74, 6) is 0.371. The molecule has 0 aromatic rings. The average molecular weight is 242 g/mol. The van der Waals surface area contributed by atoms with Crippen LogP contribution in [0.5, 0.6) is 0 Å². The Labute approximate surface area is 102 Å². The van der Waals surface area contributed by atoms with E-state index in [4.69, 9.17) is 0 Å². The molecule has 0 spiro atoms. The number of alkyl carbamates (subject to hydrolysis) is 1. The third-order valence-electron chi connectivity index (χ3n) is 3.80. The topological polar surface area (TPSA) is 58.6 Å². The maximum Gasteiger partial charge on any atom is 0.407 e. The maximum absolute atomic E-state index is 12.0. The second-order valence-electron chi connectivity index (χ2n) is 5.01. The molecule has 5 heteroatoms. The minimum absolute atomic E-state index is 0.00891. The lowest BCUT2D eigenvalue weighted by atomic mass is 9.86. The van der Waals surface area contributed by atoms with E-state index < -0.39 is 6.09 Å².